The molecule has 1 aliphatic carbocycles. The summed E-state index contributed by atoms with van der Waals surface area (Å²) in [4.78, 5) is 12.7. The fraction of sp³-hybridized carbons (Fsp3) is 0.381. The van der Waals surface area contributed by atoms with E-state index in [9.17, 15) is 13.2 Å². The molecule has 6 nitrogen and oxygen atoms in total. The van der Waals surface area contributed by atoms with Crippen LogP contribution in [0.4, 0.5) is 5.69 Å². The maximum absolute atomic E-state index is 12.9. The molecule has 1 aliphatic rings. The smallest absolute Gasteiger partial charge is 0.255 e. The highest BCUT2D eigenvalue weighted by atomic mass is 32.2. The molecule has 0 heterocycles. The molecule has 150 valence electrons. The number of sulfonamides is 1. The molecule has 1 fully saturated rings. The van der Waals surface area contributed by atoms with Gasteiger partial charge in [0, 0.05) is 17.3 Å². The molecule has 1 amide bonds. The summed E-state index contributed by atoms with van der Waals surface area (Å²) in [6.07, 6.45) is 3.69. The highest BCUT2D eigenvalue weighted by Gasteiger charge is 2.26. The Morgan fingerprint density at radius 3 is 2.46 bits per heavy atom. The average Bonchev–Trinajstić information content (AvgIpc) is 3.16. The van der Waals surface area contributed by atoms with Gasteiger partial charge in [0.15, 0.2) is 0 Å². The topological polar surface area (TPSA) is 84.5 Å². The SMILES string of the molecule is COc1ccc(C(=O)Nc2cc(C)ccc2C)cc1S(=O)(=O)NC1CCCC1. The van der Waals surface area contributed by atoms with E-state index < -0.39 is 10.0 Å². The van der Waals surface area contributed by atoms with Crippen molar-refractivity contribution in [3.05, 3.63) is 53.1 Å². The van der Waals surface area contributed by atoms with E-state index in [4.69, 9.17) is 4.74 Å². The van der Waals surface area contributed by atoms with Crippen LogP contribution in [0, 0.1) is 13.8 Å². The van der Waals surface area contributed by atoms with Crippen molar-refractivity contribution in [3.63, 3.8) is 0 Å². The first-order valence-corrected chi connectivity index (χ1v) is 10.9. The van der Waals surface area contributed by atoms with Gasteiger partial charge in [-0.2, -0.15) is 0 Å². The average molecular weight is 403 g/mol. The Bertz CT molecular complexity index is 980. The number of nitrogens with one attached hydrogen (secondary N) is 2. The number of ether oxygens (including phenoxy) is 1. The third-order valence-corrected chi connectivity index (χ3v) is 6.58. The van der Waals surface area contributed by atoms with Gasteiger partial charge in [-0.15, -0.1) is 0 Å². The molecule has 0 radical (unpaired) electrons. The Balaban J connectivity index is 1.89. The molecule has 3 rings (SSSR count). The van der Waals surface area contributed by atoms with Crippen LogP contribution in [-0.4, -0.2) is 27.5 Å². The maximum atomic E-state index is 12.9. The van der Waals surface area contributed by atoms with E-state index >= 15 is 0 Å². The molecule has 2 aromatic rings. The second-order valence-electron chi connectivity index (χ2n) is 7.24. The van der Waals surface area contributed by atoms with Gasteiger partial charge in [-0.3, -0.25) is 4.79 Å². The fourth-order valence-electron chi connectivity index (χ4n) is 3.42. The van der Waals surface area contributed by atoms with Crippen LogP contribution < -0.4 is 14.8 Å². The van der Waals surface area contributed by atoms with E-state index in [0.29, 0.717) is 5.69 Å². The molecule has 1 saturated carbocycles. The quantitative estimate of drug-likeness (QED) is 0.770. The fourth-order valence-corrected chi connectivity index (χ4v) is 4.92. The summed E-state index contributed by atoms with van der Waals surface area (Å²) in [7, 11) is -2.37. The van der Waals surface area contributed by atoms with Crippen LogP contribution in [0.15, 0.2) is 41.3 Å². The number of anilines is 1. The van der Waals surface area contributed by atoms with Crippen molar-refractivity contribution in [3.8, 4) is 5.75 Å². The van der Waals surface area contributed by atoms with Gasteiger partial charge >= 0.3 is 0 Å². The number of carbonyl (C=O) groups is 1. The Labute approximate surface area is 166 Å². The predicted octanol–water partition coefficient (Wildman–Crippen LogP) is 3.79. The van der Waals surface area contributed by atoms with Gasteiger partial charge in [-0.25, -0.2) is 13.1 Å². The third kappa shape index (κ3) is 4.54. The number of hydrogen-bond donors (Lipinski definition) is 2. The minimum Gasteiger partial charge on any atom is -0.495 e. The van der Waals surface area contributed by atoms with E-state index in [-0.39, 0.29) is 28.2 Å². The van der Waals surface area contributed by atoms with E-state index in [2.05, 4.69) is 10.0 Å². The van der Waals surface area contributed by atoms with Crippen molar-refractivity contribution >= 4 is 21.6 Å². The van der Waals surface area contributed by atoms with Gasteiger partial charge in [0.1, 0.15) is 10.6 Å². The number of aryl methyl sites for hydroxylation is 2. The van der Waals surface area contributed by atoms with Crippen molar-refractivity contribution < 1.29 is 17.9 Å². The monoisotopic (exact) mass is 402 g/mol. The zero-order valence-electron chi connectivity index (χ0n) is 16.4. The predicted molar refractivity (Wildman–Crippen MR) is 109 cm³/mol. The van der Waals surface area contributed by atoms with Gasteiger partial charge in [0.2, 0.25) is 10.0 Å². The summed E-state index contributed by atoms with van der Waals surface area (Å²) >= 11 is 0. The molecule has 0 aromatic heterocycles. The van der Waals surface area contributed by atoms with Crippen LogP contribution >= 0.6 is 0 Å². The zero-order chi connectivity index (χ0) is 20.3. The zero-order valence-corrected chi connectivity index (χ0v) is 17.2. The lowest BCUT2D eigenvalue weighted by Gasteiger charge is -2.16. The van der Waals surface area contributed by atoms with E-state index in [1.165, 1.54) is 19.2 Å². The molecular formula is C21H26N2O4S. The number of rotatable bonds is 6. The van der Waals surface area contributed by atoms with Crippen molar-refractivity contribution in [2.24, 2.45) is 0 Å². The van der Waals surface area contributed by atoms with E-state index in [1.807, 2.05) is 32.0 Å². The lowest BCUT2D eigenvalue weighted by atomic mass is 10.1. The number of carbonyl (C=O) groups excluding carboxylic acids is 1. The minimum absolute atomic E-state index is 0.0180. The number of amides is 1. The number of methoxy groups -OCH3 is 1. The molecule has 0 aliphatic heterocycles. The van der Waals surface area contributed by atoms with Crippen LogP contribution in [0.25, 0.3) is 0 Å². The van der Waals surface area contributed by atoms with Gasteiger partial charge in [-0.05, 0) is 62.1 Å². The lowest BCUT2D eigenvalue weighted by molar-refractivity contribution is 0.102. The maximum Gasteiger partial charge on any atom is 0.255 e. The van der Waals surface area contributed by atoms with Gasteiger partial charge in [0.25, 0.3) is 5.91 Å². The summed E-state index contributed by atoms with van der Waals surface area (Å²) in [6.45, 7) is 3.85. The lowest BCUT2D eigenvalue weighted by Crippen LogP contribution is -2.33. The van der Waals surface area contributed by atoms with Crippen LogP contribution in [0.5, 0.6) is 5.75 Å². The first-order valence-electron chi connectivity index (χ1n) is 9.39. The first-order chi connectivity index (χ1) is 13.3. The molecule has 2 aromatic carbocycles. The van der Waals surface area contributed by atoms with Crippen molar-refractivity contribution in [1.82, 2.24) is 4.72 Å². The van der Waals surface area contributed by atoms with Gasteiger partial charge in [0.05, 0.1) is 7.11 Å². The highest BCUT2D eigenvalue weighted by molar-refractivity contribution is 7.89. The van der Waals surface area contributed by atoms with E-state index in [0.717, 1.165) is 36.8 Å². The van der Waals surface area contributed by atoms with E-state index in [1.54, 1.807) is 6.07 Å². The van der Waals surface area contributed by atoms with Crippen LogP contribution in [-0.2, 0) is 10.0 Å². The van der Waals surface area contributed by atoms with Crippen LogP contribution in [0.2, 0.25) is 0 Å². The Morgan fingerprint density at radius 1 is 1.07 bits per heavy atom. The standard InChI is InChI=1S/C21H26N2O4S/c1-14-8-9-15(2)18(12-14)22-21(24)16-10-11-19(27-3)20(13-16)28(25,26)23-17-6-4-5-7-17/h8-13,17,23H,4-7H2,1-3H3,(H,22,24). The summed E-state index contributed by atoms with van der Waals surface area (Å²) < 4.78 is 33.7. The Morgan fingerprint density at radius 2 is 1.79 bits per heavy atom. The highest BCUT2D eigenvalue weighted by Crippen LogP contribution is 2.28. The number of benzene rings is 2. The van der Waals surface area contributed by atoms with Crippen LogP contribution in [0.3, 0.4) is 0 Å². The summed E-state index contributed by atoms with van der Waals surface area (Å²) in [5, 5.41) is 2.86. The molecule has 28 heavy (non-hydrogen) atoms. The molecule has 0 atom stereocenters. The molecule has 0 bridgehead atoms. The Kier molecular flexibility index (Phi) is 6.05. The molecule has 0 saturated heterocycles. The van der Waals surface area contributed by atoms with Crippen molar-refractivity contribution in [2.75, 3.05) is 12.4 Å². The Hall–Kier alpha value is -2.38. The van der Waals surface area contributed by atoms with Crippen LogP contribution in [0.1, 0.15) is 47.2 Å². The van der Waals surface area contributed by atoms with Gasteiger partial charge in [-0.1, -0.05) is 25.0 Å². The van der Waals surface area contributed by atoms with Gasteiger partial charge < -0.3 is 10.1 Å². The second-order valence-corrected chi connectivity index (χ2v) is 8.92. The first kappa shape index (κ1) is 20.4. The summed E-state index contributed by atoms with van der Waals surface area (Å²) in [5.74, 6) is -0.151. The minimum atomic E-state index is -3.79. The largest absolute Gasteiger partial charge is 0.495 e. The van der Waals surface area contributed by atoms with Crippen molar-refractivity contribution in [2.45, 2.75) is 50.5 Å². The van der Waals surface area contributed by atoms with Crippen molar-refractivity contribution in [1.29, 1.82) is 0 Å². The third-order valence-electron chi connectivity index (χ3n) is 5.03. The second kappa shape index (κ2) is 8.32. The summed E-state index contributed by atoms with van der Waals surface area (Å²) in [6, 6.07) is 10.2. The normalized spacial score (nSPS) is 14.8. The molecular weight excluding hydrogens is 376 g/mol. The molecule has 0 spiro atoms. The number of hydrogen-bond acceptors (Lipinski definition) is 4. The molecule has 7 heteroatoms. The molecule has 2 N–H and O–H groups in total. The molecule has 0 unspecified atom stereocenters. The summed E-state index contributed by atoms with van der Waals surface area (Å²) in [5.41, 5.74) is 2.92.